The fraction of sp³-hybridized carbons (Fsp3) is 0.348. The van der Waals surface area contributed by atoms with Crippen molar-refractivity contribution < 1.29 is 9.47 Å². The standard InChI is InChI=1S/C23H25N3O2S/c1-3-5-14-27-19-13-9-8-12-18(19)20-15-16-10-6-7-11-17(16)21-22(28-20)24-23(26-25-21)29-4-2/h6-13,20H,3-5,14-15H2,1-2H3. The van der Waals surface area contributed by atoms with Gasteiger partial charge in [-0.1, -0.05) is 74.5 Å². The maximum Gasteiger partial charge on any atom is 0.245 e. The second kappa shape index (κ2) is 9.27. The minimum atomic E-state index is -0.202. The molecule has 150 valence electrons. The van der Waals surface area contributed by atoms with Gasteiger partial charge in [-0.15, -0.1) is 10.2 Å². The van der Waals surface area contributed by atoms with Gasteiger partial charge < -0.3 is 9.47 Å². The number of unbranched alkanes of at least 4 members (excludes halogenated alkanes) is 1. The lowest BCUT2D eigenvalue weighted by atomic mass is 9.97. The molecule has 1 aliphatic rings. The summed E-state index contributed by atoms with van der Waals surface area (Å²) < 4.78 is 12.5. The minimum Gasteiger partial charge on any atom is -0.493 e. The number of benzene rings is 2. The fourth-order valence-electron chi connectivity index (χ4n) is 3.42. The first kappa shape index (κ1) is 19.7. The summed E-state index contributed by atoms with van der Waals surface area (Å²) in [4.78, 5) is 4.67. The predicted octanol–water partition coefficient (Wildman–Crippen LogP) is 5.51. The zero-order chi connectivity index (χ0) is 20.1. The Morgan fingerprint density at radius 1 is 1.07 bits per heavy atom. The van der Waals surface area contributed by atoms with Crippen molar-refractivity contribution in [1.82, 2.24) is 15.2 Å². The highest BCUT2D eigenvalue weighted by atomic mass is 32.2. The SMILES string of the molecule is CCCCOc1ccccc1C1Cc2ccccc2-c2nnc(SCC)nc2O1. The smallest absolute Gasteiger partial charge is 0.245 e. The van der Waals surface area contributed by atoms with Crippen LogP contribution in [0.25, 0.3) is 11.3 Å². The fourth-order valence-corrected chi connectivity index (χ4v) is 3.93. The summed E-state index contributed by atoms with van der Waals surface area (Å²) in [6, 6.07) is 16.4. The van der Waals surface area contributed by atoms with Gasteiger partial charge in [-0.05, 0) is 23.8 Å². The van der Waals surface area contributed by atoms with Crippen LogP contribution >= 0.6 is 11.8 Å². The van der Waals surface area contributed by atoms with Gasteiger partial charge in [-0.25, -0.2) is 0 Å². The van der Waals surface area contributed by atoms with E-state index < -0.39 is 0 Å². The van der Waals surface area contributed by atoms with E-state index in [9.17, 15) is 0 Å². The molecular weight excluding hydrogens is 382 g/mol. The Kier molecular flexibility index (Phi) is 6.30. The van der Waals surface area contributed by atoms with Crippen LogP contribution in [-0.2, 0) is 6.42 Å². The molecule has 0 spiro atoms. The summed E-state index contributed by atoms with van der Waals surface area (Å²) in [5.74, 6) is 2.29. The lowest BCUT2D eigenvalue weighted by molar-refractivity contribution is 0.190. The van der Waals surface area contributed by atoms with E-state index in [0.717, 1.165) is 41.9 Å². The molecule has 1 unspecified atom stereocenters. The topological polar surface area (TPSA) is 57.1 Å². The van der Waals surface area contributed by atoms with E-state index in [4.69, 9.17) is 9.47 Å². The number of para-hydroxylation sites is 1. The van der Waals surface area contributed by atoms with Crippen LogP contribution in [-0.4, -0.2) is 27.5 Å². The molecule has 0 saturated heterocycles. The first-order chi connectivity index (χ1) is 14.3. The van der Waals surface area contributed by atoms with Crippen LogP contribution in [0, 0.1) is 0 Å². The molecule has 0 aliphatic carbocycles. The molecule has 4 rings (SSSR count). The van der Waals surface area contributed by atoms with Crippen molar-refractivity contribution in [2.45, 2.75) is 44.4 Å². The molecule has 0 saturated carbocycles. The Balaban J connectivity index is 1.75. The molecular formula is C23H25N3O2S. The van der Waals surface area contributed by atoms with Gasteiger partial charge in [0.25, 0.3) is 0 Å². The molecule has 0 N–H and O–H groups in total. The number of hydrogen-bond acceptors (Lipinski definition) is 6. The Labute approximate surface area is 175 Å². The van der Waals surface area contributed by atoms with Gasteiger partial charge in [-0.2, -0.15) is 4.98 Å². The van der Waals surface area contributed by atoms with Crippen LogP contribution in [0.5, 0.6) is 11.6 Å². The summed E-state index contributed by atoms with van der Waals surface area (Å²) in [6.45, 7) is 4.94. The Hall–Kier alpha value is -2.60. The second-order valence-electron chi connectivity index (χ2n) is 6.89. The van der Waals surface area contributed by atoms with Crippen molar-refractivity contribution >= 4 is 11.8 Å². The number of hydrogen-bond donors (Lipinski definition) is 0. The van der Waals surface area contributed by atoms with Gasteiger partial charge in [0.05, 0.1) is 6.61 Å². The number of aromatic nitrogens is 3. The molecule has 0 fully saturated rings. The third-order valence-electron chi connectivity index (χ3n) is 4.86. The molecule has 0 amide bonds. The zero-order valence-corrected chi connectivity index (χ0v) is 17.6. The Morgan fingerprint density at radius 2 is 1.90 bits per heavy atom. The normalized spacial score (nSPS) is 15.0. The minimum absolute atomic E-state index is 0.202. The van der Waals surface area contributed by atoms with E-state index in [1.807, 2.05) is 30.3 Å². The number of nitrogens with zero attached hydrogens (tertiary/aromatic N) is 3. The van der Waals surface area contributed by atoms with Crippen LogP contribution in [0.3, 0.4) is 0 Å². The first-order valence-corrected chi connectivity index (χ1v) is 11.1. The van der Waals surface area contributed by atoms with Crippen molar-refractivity contribution in [3.63, 3.8) is 0 Å². The molecule has 1 aromatic heterocycles. The van der Waals surface area contributed by atoms with Crippen LogP contribution < -0.4 is 9.47 Å². The van der Waals surface area contributed by atoms with E-state index in [1.54, 1.807) is 11.8 Å². The van der Waals surface area contributed by atoms with Gasteiger partial charge in [0, 0.05) is 17.5 Å². The van der Waals surface area contributed by atoms with Crippen molar-refractivity contribution in [2.24, 2.45) is 0 Å². The average Bonchev–Trinajstić information content (AvgIpc) is 2.91. The molecule has 5 nitrogen and oxygen atoms in total. The Morgan fingerprint density at radius 3 is 2.76 bits per heavy atom. The first-order valence-electron chi connectivity index (χ1n) is 10.1. The van der Waals surface area contributed by atoms with Crippen LogP contribution in [0.15, 0.2) is 53.7 Å². The van der Waals surface area contributed by atoms with Gasteiger partial charge >= 0.3 is 0 Å². The number of fused-ring (bicyclic) bond motifs is 3. The van der Waals surface area contributed by atoms with E-state index in [-0.39, 0.29) is 6.10 Å². The number of ether oxygens (including phenoxy) is 2. The van der Waals surface area contributed by atoms with Crippen LogP contribution in [0.4, 0.5) is 0 Å². The summed E-state index contributed by atoms with van der Waals surface area (Å²) in [7, 11) is 0. The van der Waals surface area contributed by atoms with E-state index >= 15 is 0 Å². The molecule has 0 bridgehead atoms. The zero-order valence-electron chi connectivity index (χ0n) is 16.8. The summed E-state index contributed by atoms with van der Waals surface area (Å²) in [5, 5.41) is 9.38. The quantitative estimate of drug-likeness (QED) is 0.380. The molecule has 1 atom stereocenters. The highest BCUT2D eigenvalue weighted by Gasteiger charge is 2.28. The number of rotatable bonds is 7. The second-order valence-corrected chi connectivity index (χ2v) is 8.12. The molecule has 6 heteroatoms. The van der Waals surface area contributed by atoms with Crippen molar-refractivity contribution in [1.29, 1.82) is 0 Å². The van der Waals surface area contributed by atoms with E-state index in [0.29, 0.717) is 23.3 Å². The van der Waals surface area contributed by atoms with Crippen molar-refractivity contribution in [3.05, 3.63) is 59.7 Å². The van der Waals surface area contributed by atoms with Gasteiger partial charge in [-0.3, -0.25) is 0 Å². The summed E-state index contributed by atoms with van der Waals surface area (Å²) in [6.07, 6.45) is 2.65. The van der Waals surface area contributed by atoms with Gasteiger partial charge in [0.1, 0.15) is 11.9 Å². The third-order valence-corrected chi connectivity index (χ3v) is 5.58. The molecule has 3 aromatic rings. The van der Waals surface area contributed by atoms with Gasteiger partial charge in [0.2, 0.25) is 11.0 Å². The molecule has 0 radical (unpaired) electrons. The Bertz CT molecular complexity index is 980. The highest BCUT2D eigenvalue weighted by molar-refractivity contribution is 7.99. The predicted molar refractivity (Wildman–Crippen MR) is 116 cm³/mol. The van der Waals surface area contributed by atoms with Crippen LogP contribution in [0.1, 0.15) is 43.9 Å². The lowest BCUT2D eigenvalue weighted by Crippen LogP contribution is -2.13. The molecule has 2 heterocycles. The maximum absolute atomic E-state index is 6.45. The van der Waals surface area contributed by atoms with E-state index in [2.05, 4.69) is 47.2 Å². The lowest BCUT2D eigenvalue weighted by Gasteiger charge is -2.20. The largest absolute Gasteiger partial charge is 0.493 e. The monoisotopic (exact) mass is 407 g/mol. The molecule has 2 aromatic carbocycles. The molecule has 1 aliphatic heterocycles. The third kappa shape index (κ3) is 4.37. The molecule has 29 heavy (non-hydrogen) atoms. The van der Waals surface area contributed by atoms with Crippen LogP contribution in [0.2, 0.25) is 0 Å². The average molecular weight is 408 g/mol. The number of thioether (sulfide) groups is 1. The summed E-state index contributed by atoms with van der Waals surface area (Å²) >= 11 is 1.56. The van der Waals surface area contributed by atoms with Crippen molar-refractivity contribution in [2.75, 3.05) is 12.4 Å². The summed E-state index contributed by atoms with van der Waals surface area (Å²) in [5.41, 5.74) is 3.94. The van der Waals surface area contributed by atoms with E-state index in [1.165, 1.54) is 5.56 Å². The van der Waals surface area contributed by atoms with Gasteiger partial charge in [0.15, 0.2) is 5.69 Å². The highest BCUT2D eigenvalue weighted by Crippen LogP contribution is 2.40. The maximum atomic E-state index is 6.45. The van der Waals surface area contributed by atoms with Crippen molar-refractivity contribution in [3.8, 4) is 22.9 Å².